The standard InChI is InChI=1S/C17H13FN4O2S2/c1-22-9-21-14(10-3-5-11(18)6-4-10)15(22)13-7-12-16(25-13)19-8-20-17(12)26(2,23)24/h3-9H,1-2H3. The van der Waals surface area contributed by atoms with Crippen molar-refractivity contribution in [1.82, 2.24) is 19.5 Å². The van der Waals surface area contributed by atoms with E-state index in [1.807, 2.05) is 11.6 Å². The van der Waals surface area contributed by atoms with Gasteiger partial charge in [0, 0.05) is 24.3 Å². The third kappa shape index (κ3) is 2.78. The predicted molar refractivity (Wildman–Crippen MR) is 98.1 cm³/mol. The molecule has 0 aliphatic heterocycles. The lowest BCUT2D eigenvalue weighted by molar-refractivity contribution is 0.599. The lowest BCUT2D eigenvalue weighted by Gasteiger charge is -2.04. The summed E-state index contributed by atoms with van der Waals surface area (Å²) in [5.74, 6) is -0.318. The smallest absolute Gasteiger partial charge is 0.193 e. The number of imidazole rings is 1. The molecule has 0 saturated heterocycles. The molecule has 0 spiro atoms. The number of hydrogen-bond acceptors (Lipinski definition) is 6. The largest absolute Gasteiger partial charge is 0.333 e. The highest BCUT2D eigenvalue weighted by Gasteiger charge is 2.20. The fraction of sp³-hybridized carbons (Fsp3) is 0.118. The zero-order valence-electron chi connectivity index (χ0n) is 13.8. The molecule has 0 amide bonds. The summed E-state index contributed by atoms with van der Waals surface area (Å²) in [6.07, 6.45) is 4.05. The van der Waals surface area contributed by atoms with Gasteiger partial charge in [-0.2, -0.15) is 0 Å². The Morgan fingerprint density at radius 3 is 2.54 bits per heavy atom. The zero-order valence-corrected chi connectivity index (χ0v) is 15.5. The van der Waals surface area contributed by atoms with Crippen molar-refractivity contribution in [3.05, 3.63) is 48.8 Å². The Morgan fingerprint density at radius 2 is 1.85 bits per heavy atom. The predicted octanol–water partition coefficient (Wildman–Crippen LogP) is 3.30. The van der Waals surface area contributed by atoms with Crippen LogP contribution < -0.4 is 0 Å². The van der Waals surface area contributed by atoms with Crippen molar-refractivity contribution in [1.29, 1.82) is 0 Å². The van der Waals surface area contributed by atoms with Gasteiger partial charge in [0.25, 0.3) is 0 Å². The minimum absolute atomic E-state index is 0.00972. The van der Waals surface area contributed by atoms with Crippen molar-refractivity contribution in [2.24, 2.45) is 7.05 Å². The molecule has 3 heterocycles. The minimum atomic E-state index is -3.47. The molecule has 4 aromatic rings. The summed E-state index contributed by atoms with van der Waals surface area (Å²) in [7, 11) is -1.62. The molecule has 4 rings (SSSR count). The summed E-state index contributed by atoms with van der Waals surface area (Å²) in [6, 6.07) is 7.85. The van der Waals surface area contributed by atoms with Crippen LogP contribution in [0.4, 0.5) is 4.39 Å². The van der Waals surface area contributed by atoms with Crippen LogP contribution in [-0.2, 0) is 16.9 Å². The fourth-order valence-corrected chi connectivity index (χ4v) is 4.73. The second-order valence-electron chi connectivity index (χ2n) is 5.84. The Morgan fingerprint density at radius 1 is 1.12 bits per heavy atom. The minimum Gasteiger partial charge on any atom is -0.333 e. The first-order chi connectivity index (χ1) is 12.3. The summed E-state index contributed by atoms with van der Waals surface area (Å²) in [6.45, 7) is 0. The monoisotopic (exact) mass is 388 g/mol. The molecule has 0 bridgehead atoms. The molecule has 0 atom stereocenters. The van der Waals surface area contributed by atoms with Crippen LogP contribution in [0.3, 0.4) is 0 Å². The Balaban J connectivity index is 1.95. The first kappa shape index (κ1) is 16.8. The third-order valence-corrected chi connectivity index (χ3v) is 6.01. The maximum absolute atomic E-state index is 13.2. The van der Waals surface area contributed by atoms with Gasteiger partial charge in [-0.05, 0) is 30.3 Å². The van der Waals surface area contributed by atoms with Crippen molar-refractivity contribution in [2.45, 2.75) is 5.03 Å². The summed E-state index contributed by atoms with van der Waals surface area (Å²) in [4.78, 5) is 13.9. The maximum Gasteiger partial charge on any atom is 0.193 e. The highest BCUT2D eigenvalue weighted by Crippen LogP contribution is 2.38. The second-order valence-corrected chi connectivity index (χ2v) is 8.80. The Labute approximate surface area is 152 Å². The van der Waals surface area contributed by atoms with Crippen LogP contribution in [0.25, 0.3) is 32.0 Å². The van der Waals surface area contributed by atoms with Crippen LogP contribution in [-0.4, -0.2) is 34.2 Å². The van der Waals surface area contributed by atoms with Gasteiger partial charge in [0.2, 0.25) is 0 Å². The topological polar surface area (TPSA) is 77.7 Å². The van der Waals surface area contributed by atoms with Crippen molar-refractivity contribution < 1.29 is 12.8 Å². The number of nitrogens with zero attached hydrogens (tertiary/aromatic N) is 4. The average Bonchev–Trinajstić information content (AvgIpc) is 3.17. The molecule has 0 saturated carbocycles. The molecule has 26 heavy (non-hydrogen) atoms. The van der Waals surface area contributed by atoms with Crippen LogP contribution in [0.15, 0.2) is 48.0 Å². The Bertz CT molecular complexity index is 1230. The molecule has 6 nitrogen and oxygen atoms in total. The normalized spacial score (nSPS) is 12.0. The molecule has 0 fully saturated rings. The van der Waals surface area contributed by atoms with E-state index in [-0.39, 0.29) is 10.8 Å². The van der Waals surface area contributed by atoms with Crippen LogP contribution in [0.2, 0.25) is 0 Å². The SMILES string of the molecule is Cn1cnc(-c2ccc(F)cc2)c1-c1cc2c(S(C)(=O)=O)ncnc2s1. The molecular formula is C17H13FN4O2S2. The molecule has 132 valence electrons. The van der Waals surface area contributed by atoms with Gasteiger partial charge in [-0.15, -0.1) is 11.3 Å². The van der Waals surface area contributed by atoms with Gasteiger partial charge in [-0.3, -0.25) is 0 Å². The van der Waals surface area contributed by atoms with Crippen LogP contribution in [0.1, 0.15) is 0 Å². The first-order valence-corrected chi connectivity index (χ1v) is 10.3. The summed E-state index contributed by atoms with van der Waals surface area (Å²) < 4.78 is 39.1. The van der Waals surface area contributed by atoms with E-state index in [9.17, 15) is 12.8 Å². The second kappa shape index (κ2) is 5.96. The number of benzene rings is 1. The quantitative estimate of drug-likeness (QED) is 0.503. The lowest BCUT2D eigenvalue weighted by atomic mass is 10.1. The van der Waals surface area contributed by atoms with Crippen LogP contribution in [0.5, 0.6) is 0 Å². The van der Waals surface area contributed by atoms with Crippen molar-refractivity contribution >= 4 is 31.4 Å². The van der Waals surface area contributed by atoms with Crippen molar-refractivity contribution in [2.75, 3.05) is 6.26 Å². The molecular weight excluding hydrogens is 375 g/mol. The van der Waals surface area contributed by atoms with E-state index in [4.69, 9.17) is 0 Å². The number of aryl methyl sites for hydroxylation is 1. The van der Waals surface area contributed by atoms with E-state index in [1.54, 1.807) is 24.5 Å². The molecule has 1 aromatic carbocycles. The van der Waals surface area contributed by atoms with E-state index in [1.165, 1.54) is 29.8 Å². The van der Waals surface area contributed by atoms with E-state index >= 15 is 0 Å². The number of hydrogen-bond donors (Lipinski definition) is 0. The van der Waals surface area contributed by atoms with Gasteiger partial charge in [0.1, 0.15) is 17.0 Å². The number of fused-ring (bicyclic) bond motifs is 1. The highest BCUT2D eigenvalue weighted by molar-refractivity contribution is 7.90. The highest BCUT2D eigenvalue weighted by atomic mass is 32.2. The number of aromatic nitrogens is 4. The molecule has 0 aliphatic carbocycles. The Kier molecular flexibility index (Phi) is 3.85. The van der Waals surface area contributed by atoms with Crippen LogP contribution in [0, 0.1) is 5.82 Å². The zero-order chi connectivity index (χ0) is 18.5. The summed E-state index contributed by atoms with van der Waals surface area (Å²) in [5.41, 5.74) is 2.26. The van der Waals surface area contributed by atoms with E-state index < -0.39 is 9.84 Å². The summed E-state index contributed by atoms with van der Waals surface area (Å²) in [5, 5.41) is 0.497. The van der Waals surface area contributed by atoms with Crippen LogP contribution >= 0.6 is 11.3 Å². The van der Waals surface area contributed by atoms with E-state index in [2.05, 4.69) is 15.0 Å². The number of sulfone groups is 1. The first-order valence-electron chi connectivity index (χ1n) is 7.57. The molecule has 0 unspecified atom stereocenters. The maximum atomic E-state index is 13.2. The molecule has 3 aromatic heterocycles. The van der Waals surface area contributed by atoms with Gasteiger partial charge in [0.05, 0.1) is 22.6 Å². The Hall–Kier alpha value is -2.65. The fourth-order valence-electron chi connectivity index (χ4n) is 2.79. The van der Waals surface area contributed by atoms with E-state index in [0.29, 0.717) is 15.9 Å². The number of thiophene rings is 1. The van der Waals surface area contributed by atoms with Gasteiger partial charge < -0.3 is 4.57 Å². The van der Waals surface area contributed by atoms with Gasteiger partial charge in [0.15, 0.2) is 14.9 Å². The average molecular weight is 388 g/mol. The molecule has 9 heteroatoms. The van der Waals surface area contributed by atoms with Gasteiger partial charge >= 0.3 is 0 Å². The molecule has 0 radical (unpaired) electrons. The van der Waals surface area contributed by atoms with Crippen molar-refractivity contribution in [3.63, 3.8) is 0 Å². The lowest BCUT2D eigenvalue weighted by Crippen LogP contribution is -2.00. The van der Waals surface area contributed by atoms with Crippen molar-refractivity contribution in [3.8, 4) is 21.8 Å². The number of rotatable bonds is 3. The summed E-state index contributed by atoms with van der Waals surface area (Å²) >= 11 is 1.36. The molecule has 0 aliphatic rings. The molecule has 0 N–H and O–H groups in total. The third-order valence-electron chi connectivity index (χ3n) is 3.93. The van der Waals surface area contributed by atoms with E-state index in [0.717, 1.165) is 22.4 Å². The van der Waals surface area contributed by atoms with Gasteiger partial charge in [-0.25, -0.2) is 27.8 Å². The number of halogens is 1. The van der Waals surface area contributed by atoms with Gasteiger partial charge in [-0.1, -0.05) is 0 Å².